The summed E-state index contributed by atoms with van der Waals surface area (Å²) in [5.74, 6) is 0. The SMILES string of the molecule is FC(F)(Br)Cc1ccccc1-c1ccccc1. The molecule has 0 bridgehead atoms. The summed E-state index contributed by atoms with van der Waals surface area (Å²) >= 11 is 2.39. The van der Waals surface area contributed by atoms with Crippen LogP contribution < -0.4 is 0 Å². The number of hydrogen-bond donors (Lipinski definition) is 0. The standard InChI is InChI=1S/C14H11BrF2/c15-14(16,17)10-12-8-4-5-9-13(12)11-6-2-1-3-7-11/h1-9H,10H2. The van der Waals surface area contributed by atoms with Crippen molar-refractivity contribution in [3.63, 3.8) is 0 Å². The molecule has 0 heterocycles. The van der Waals surface area contributed by atoms with Crippen molar-refractivity contribution in [2.75, 3.05) is 0 Å². The summed E-state index contributed by atoms with van der Waals surface area (Å²) in [5.41, 5.74) is 2.45. The Hall–Kier alpha value is -1.22. The number of halogens is 3. The first kappa shape index (κ1) is 12.2. The van der Waals surface area contributed by atoms with E-state index < -0.39 is 4.83 Å². The lowest BCUT2D eigenvalue weighted by Gasteiger charge is -2.13. The fourth-order valence-electron chi connectivity index (χ4n) is 1.79. The van der Waals surface area contributed by atoms with Gasteiger partial charge in [-0.1, -0.05) is 54.6 Å². The molecule has 2 rings (SSSR count). The molecule has 3 heteroatoms. The third-order valence-electron chi connectivity index (χ3n) is 2.49. The Kier molecular flexibility index (Phi) is 3.57. The average molecular weight is 297 g/mol. The van der Waals surface area contributed by atoms with Crippen molar-refractivity contribution in [2.45, 2.75) is 11.3 Å². The van der Waals surface area contributed by atoms with E-state index in [1.54, 1.807) is 12.1 Å². The molecule has 0 radical (unpaired) electrons. The van der Waals surface area contributed by atoms with E-state index in [9.17, 15) is 8.78 Å². The van der Waals surface area contributed by atoms with Gasteiger partial charge in [0.05, 0.1) is 0 Å². The minimum Gasteiger partial charge on any atom is -0.193 e. The van der Waals surface area contributed by atoms with Gasteiger partial charge in [-0.3, -0.25) is 0 Å². The Bertz CT molecular complexity index is 489. The fourth-order valence-corrected chi connectivity index (χ4v) is 2.09. The number of rotatable bonds is 3. The Labute approximate surface area is 107 Å². The van der Waals surface area contributed by atoms with Crippen LogP contribution in [0.15, 0.2) is 54.6 Å². The van der Waals surface area contributed by atoms with E-state index >= 15 is 0 Å². The summed E-state index contributed by atoms with van der Waals surface area (Å²) < 4.78 is 26.0. The van der Waals surface area contributed by atoms with Crippen LogP contribution in [0.4, 0.5) is 8.78 Å². The minimum atomic E-state index is -2.86. The van der Waals surface area contributed by atoms with Gasteiger partial charge >= 0.3 is 4.83 Å². The van der Waals surface area contributed by atoms with Gasteiger partial charge in [0.25, 0.3) is 0 Å². The first-order chi connectivity index (χ1) is 8.06. The molecule has 0 atom stereocenters. The molecule has 0 aliphatic heterocycles. The maximum absolute atomic E-state index is 13.0. The molecule has 2 aromatic carbocycles. The second kappa shape index (κ2) is 4.96. The van der Waals surface area contributed by atoms with Gasteiger partial charge in [0.2, 0.25) is 0 Å². The van der Waals surface area contributed by atoms with E-state index in [1.807, 2.05) is 42.5 Å². The van der Waals surface area contributed by atoms with Crippen LogP contribution >= 0.6 is 15.9 Å². The molecule has 0 unspecified atom stereocenters. The first-order valence-electron chi connectivity index (χ1n) is 5.26. The van der Waals surface area contributed by atoms with Gasteiger partial charge in [-0.15, -0.1) is 0 Å². The zero-order chi connectivity index (χ0) is 12.3. The Morgan fingerprint density at radius 1 is 0.882 bits per heavy atom. The topological polar surface area (TPSA) is 0 Å². The lowest BCUT2D eigenvalue weighted by Crippen LogP contribution is -2.09. The highest BCUT2D eigenvalue weighted by Gasteiger charge is 2.25. The van der Waals surface area contributed by atoms with Gasteiger partial charge in [0.15, 0.2) is 0 Å². The lowest BCUT2D eigenvalue weighted by molar-refractivity contribution is 0.115. The predicted octanol–water partition coefficient (Wildman–Crippen LogP) is 4.88. The van der Waals surface area contributed by atoms with Crippen molar-refractivity contribution >= 4 is 15.9 Å². The van der Waals surface area contributed by atoms with Crippen LogP contribution in [0.3, 0.4) is 0 Å². The van der Waals surface area contributed by atoms with E-state index in [2.05, 4.69) is 15.9 Å². The van der Waals surface area contributed by atoms with Crippen molar-refractivity contribution in [1.82, 2.24) is 0 Å². The normalized spacial score (nSPS) is 11.5. The maximum atomic E-state index is 13.0. The zero-order valence-electron chi connectivity index (χ0n) is 9.04. The smallest absolute Gasteiger partial charge is 0.193 e. The molecule has 0 fully saturated rings. The molecule has 0 aliphatic rings. The van der Waals surface area contributed by atoms with Gasteiger partial charge in [-0.05, 0) is 32.6 Å². The molecule has 0 N–H and O–H groups in total. The molecule has 0 saturated heterocycles. The molecule has 0 nitrogen and oxygen atoms in total. The van der Waals surface area contributed by atoms with E-state index in [0.29, 0.717) is 5.56 Å². The predicted molar refractivity (Wildman–Crippen MR) is 69.5 cm³/mol. The zero-order valence-corrected chi connectivity index (χ0v) is 10.6. The van der Waals surface area contributed by atoms with Crippen molar-refractivity contribution in [3.8, 4) is 11.1 Å². The largest absolute Gasteiger partial charge is 0.305 e. The number of alkyl halides is 3. The molecule has 17 heavy (non-hydrogen) atoms. The molecular formula is C14H11BrF2. The minimum absolute atomic E-state index is 0.307. The number of hydrogen-bond acceptors (Lipinski definition) is 0. The molecule has 0 spiro atoms. The number of benzene rings is 2. The molecule has 0 aromatic heterocycles. The highest BCUT2D eigenvalue weighted by Crippen LogP contribution is 2.31. The van der Waals surface area contributed by atoms with Crippen LogP contribution in [0.1, 0.15) is 5.56 Å². The highest BCUT2D eigenvalue weighted by molar-refractivity contribution is 9.10. The highest BCUT2D eigenvalue weighted by atomic mass is 79.9. The summed E-state index contributed by atoms with van der Waals surface area (Å²) in [4.78, 5) is -2.86. The van der Waals surface area contributed by atoms with Crippen LogP contribution in [0.5, 0.6) is 0 Å². The summed E-state index contributed by atoms with van der Waals surface area (Å²) in [6.45, 7) is 0. The summed E-state index contributed by atoms with van der Waals surface area (Å²) in [6.07, 6.45) is -0.307. The van der Waals surface area contributed by atoms with Crippen LogP contribution in [0.2, 0.25) is 0 Å². The van der Waals surface area contributed by atoms with Gasteiger partial charge in [0, 0.05) is 6.42 Å². The van der Waals surface area contributed by atoms with E-state index in [1.165, 1.54) is 0 Å². The lowest BCUT2D eigenvalue weighted by atomic mass is 9.98. The quantitative estimate of drug-likeness (QED) is 0.708. The second-order valence-corrected chi connectivity index (χ2v) is 4.98. The Morgan fingerprint density at radius 2 is 1.47 bits per heavy atom. The summed E-state index contributed by atoms with van der Waals surface area (Å²) in [7, 11) is 0. The third-order valence-corrected chi connectivity index (χ3v) is 2.77. The summed E-state index contributed by atoms with van der Waals surface area (Å²) in [5, 5.41) is 0. The average Bonchev–Trinajstić information content (AvgIpc) is 2.29. The van der Waals surface area contributed by atoms with E-state index in [0.717, 1.165) is 11.1 Å². The van der Waals surface area contributed by atoms with E-state index in [4.69, 9.17) is 0 Å². The van der Waals surface area contributed by atoms with Crippen LogP contribution in [-0.2, 0) is 6.42 Å². The fraction of sp³-hybridized carbons (Fsp3) is 0.143. The molecule has 0 amide bonds. The van der Waals surface area contributed by atoms with Gasteiger partial charge in [-0.25, -0.2) is 0 Å². The Balaban J connectivity index is 2.41. The van der Waals surface area contributed by atoms with Crippen molar-refractivity contribution < 1.29 is 8.78 Å². The first-order valence-corrected chi connectivity index (χ1v) is 6.06. The van der Waals surface area contributed by atoms with Gasteiger partial charge < -0.3 is 0 Å². The molecule has 88 valence electrons. The van der Waals surface area contributed by atoms with Gasteiger partial charge in [0.1, 0.15) is 0 Å². The van der Waals surface area contributed by atoms with Crippen molar-refractivity contribution in [1.29, 1.82) is 0 Å². The van der Waals surface area contributed by atoms with Crippen LogP contribution in [0.25, 0.3) is 11.1 Å². The van der Waals surface area contributed by atoms with E-state index in [-0.39, 0.29) is 6.42 Å². The summed E-state index contributed by atoms with van der Waals surface area (Å²) in [6, 6.07) is 16.8. The van der Waals surface area contributed by atoms with Crippen molar-refractivity contribution in [2.24, 2.45) is 0 Å². The molecule has 2 aromatic rings. The monoisotopic (exact) mass is 296 g/mol. The van der Waals surface area contributed by atoms with Crippen LogP contribution in [0, 0.1) is 0 Å². The second-order valence-electron chi connectivity index (χ2n) is 3.82. The third kappa shape index (κ3) is 3.37. The van der Waals surface area contributed by atoms with Gasteiger partial charge in [-0.2, -0.15) is 8.78 Å². The molecular weight excluding hydrogens is 286 g/mol. The molecule has 0 aliphatic carbocycles. The molecule has 0 saturated carbocycles. The van der Waals surface area contributed by atoms with Crippen LogP contribution in [-0.4, -0.2) is 4.83 Å². The van der Waals surface area contributed by atoms with Crippen molar-refractivity contribution in [3.05, 3.63) is 60.2 Å². The maximum Gasteiger partial charge on any atom is 0.305 e. The Morgan fingerprint density at radius 3 is 2.12 bits per heavy atom.